The van der Waals surface area contributed by atoms with Crippen LogP contribution in [0.1, 0.15) is 53.1 Å². The number of carbonyl (C=O) groups is 5. The number of ketones is 2. The van der Waals surface area contributed by atoms with E-state index < -0.39 is 22.2 Å². The lowest BCUT2D eigenvalue weighted by molar-refractivity contribution is -0.137. The standard InChI is InChI=1S/C32H36N6O7S/c39-28-17-22(21-5-2-1-3-6-21)18-29(40)24(28)19-33-11-12-36-13-15-37(16-14-36)46(44,45)35-26-8-4-7-23-25(26)20-38(32(23)43)27-9-10-30(41)34-31(27)42/h1-8,19,22,27,33,35H,9-18,20H2,(H,34,41,42). The monoisotopic (exact) mass is 648 g/mol. The van der Waals surface area contributed by atoms with Gasteiger partial charge in [-0.05, 0) is 30.0 Å². The van der Waals surface area contributed by atoms with E-state index in [1.807, 2.05) is 30.3 Å². The minimum atomic E-state index is -3.93. The first-order valence-electron chi connectivity index (χ1n) is 15.4. The zero-order valence-electron chi connectivity index (χ0n) is 25.2. The van der Waals surface area contributed by atoms with Gasteiger partial charge in [0.2, 0.25) is 11.8 Å². The number of Topliss-reactive ketones (excluding diaryl/α,β-unsaturated/α-hetero) is 2. The number of imide groups is 1. The van der Waals surface area contributed by atoms with Crippen molar-refractivity contribution in [1.82, 2.24) is 24.7 Å². The quantitative estimate of drug-likeness (QED) is 0.155. The number of carbonyl (C=O) groups excluding carboxylic acids is 5. The third-order valence-corrected chi connectivity index (χ3v) is 10.6. The van der Waals surface area contributed by atoms with Crippen molar-refractivity contribution in [3.05, 3.63) is 77.0 Å². The molecule has 0 radical (unpaired) electrons. The summed E-state index contributed by atoms with van der Waals surface area (Å²) < 4.78 is 30.7. The minimum absolute atomic E-state index is 0.0564. The van der Waals surface area contributed by atoms with E-state index in [2.05, 4.69) is 20.3 Å². The lowest BCUT2D eigenvalue weighted by Crippen LogP contribution is -2.52. The number of nitrogens with one attached hydrogen (secondary N) is 3. The van der Waals surface area contributed by atoms with E-state index in [1.165, 1.54) is 15.4 Å². The van der Waals surface area contributed by atoms with Crippen molar-refractivity contribution in [2.75, 3.05) is 44.0 Å². The second-order valence-corrected chi connectivity index (χ2v) is 13.6. The number of hydrogen-bond donors (Lipinski definition) is 3. The molecule has 3 N–H and O–H groups in total. The van der Waals surface area contributed by atoms with Gasteiger partial charge in [-0.2, -0.15) is 12.7 Å². The molecular weight excluding hydrogens is 612 g/mol. The molecule has 1 saturated carbocycles. The summed E-state index contributed by atoms with van der Waals surface area (Å²) in [4.78, 5) is 65.9. The smallest absolute Gasteiger partial charge is 0.301 e. The maximum atomic E-state index is 13.3. The van der Waals surface area contributed by atoms with Gasteiger partial charge in [-0.15, -0.1) is 0 Å². The number of hydrogen-bond acceptors (Lipinski definition) is 9. The van der Waals surface area contributed by atoms with E-state index in [0.717, 1.165) is 5.56 Å². The van der Waals surface area contributed by atoms with Crippen LogP contribution in [0.2, 0.25) is 0 Å². The average molecular weight is 649 g/mol. The number of amides is 3. The summed E-state index contributed by atoms with van der Waals surface area (Å²) in [5, 5.41) is 5.36. The van der Waals surface area contributed by atoms with Crippen LogP contribution in [-0.2, 0) is 35.9 Å². The van der Waals surface area contributed by atoms with Crippen LogP contribution in [0.4, 0.5) is 5.69 Å². The van der Waals surface area contributed by atoms with Gasteiger partial charge in [-0.3, -0.25) is 38.9 Å². The van der Waals surface area contributed by atoms with E-state index in [0.29, 0.717) is 50.1 Å². The van der Waals surface area contributed by atoms with Gasteiger partial charge in [0.05, 0.1) is 11.3 Å². The molecule has 14 heteroatoms. The van der Waals surface area contributed by atoms with Gasteiger partial charge in [0.1, 0.15) is 6.04 Å². The molecule has 2 aromatic carbocycles. The van der Waals surface area contributed by atoms with Crippen LogP contribution in [0, 0.1) is 0 Å². The van der Waals surface area contributed by atoms with Crippen molar-refractivity contribution < 1.29 is 32.4 Å². The van der Waals surface area contributed by atoms with E-state index in [-0.39, 0.29) is 73.0 Å². The number of piperidine rings is 1. The molecule has 3 fully saturated rings. The molecule has 3 aliphatic heterocycles. The molecule has 0 aromatic heterocycles. The second kappa shape index (κ2) is 13.1. The maximum Gasteiger partial charge on any atom is 0.301 e. The predicted octanol–water partition coefficient (Wildman–Crippen LogP) is 0.911. The number of fused-ring (bicyclic) bond motifs is 1. The molecule has 242 valence electrons. The van der Waals surface area contributed by atoms with Crippen molar-refractivity contribution in [3.63, 3.8) is 0 Å². The Hall–Kier alpha value is -4.40. The number of nitrogens with zero attached hydrogens (tertiary/aromatic N) is 3. The Morgan fingerprint density at radius 1 is 0.891 bits per heavy atom. The van der Waals surface area contributed by atoms with Gasteiger partial charge in [-0.1, -0.05) is 36.4 Å². The Kier molecular flexibility index (Phi) is 9.02. The fraction of sp³-hybridized carbons (Fsp3) is 0.406. The van der Waals surface area contributed by atoms with Crippen molar-refractivity contribution in [2.24, 2.45) is 0 Å². The molecule has 3 amide bonds. The highest BCUT2D eigenvalue weighted by Gasteiger charge is 2.40. The molecule has 3 heterocycles. The molecule has 1 aliphatic carbocycles. The van der Waals surface area contributed by atoms with E-state index in [9.17, 15) is 32.4 Å². The first-order valence-corrected chi connectivity index (χ1v) is 16.9. The Morgan fingerprint density at radius 3 is 2.30 bits per heavy atom. The van der Waals surface area contributed by atoms with Gasteiger partial charge in [0, 0.05) is 82.4 Å². The number of benzene rings is 2. The van der Waals surface area contributed by atoms with Crippen molar-refractivity contribution >= 4 is 45.2 Å². The summed E-state index contributed by atoms with van der Waals surface area (Å²) in [6, 6.07) is 13.6. The summed E-state index contributed by atoms with van der Waals surface area (Å²) in [5.41, 5.74) is 2.28. The predicted molar refractivity (Wildman–Crippen MR) is 168 cm³/mol. The zero-order chi connectivity index (χ0) is 32.4. The summed E-state index contributed by atoms with van der Waals surface area (Å²) in [7, 11) is -3.93. The third kappa shape index (κ3) is 6.59. The molecule has 2 saturated heterocycles. The van der Waals surface area contributed by atoms with Crippen LogP contribution in [0.15, 0.2) is 60.3 Å². The molecule has 13 nitrogen and oxygen atoms in total. The summed E-state index contributed by atoms with van der Waals surface area (Å²) in [6.45, 7) is 2.64. The van der Waals surface area contributed by atoms with Crippen LogP contribution in [0.3, 0.4) is 0 Å². The molecule has 4 aliphatic rings. The number of rotatable bonds is 9. The largest absolute Gasteiger partial charge is 0.389 e. The van der Waals surface area contributed by atoms with Gasteiger partial charge in [-0.25, -0.2) is 0 Å². The van der Waals surface area contributed by atoms with Crippen molar-refractivity contribution in [2.45, 2.75) is 44.2 Å². The fourth-order valence-corrected chi connectivity index (χ4v) is 7.73. The van der Waals surface area contributed by atoms with Gasteiger partial charge in [0.15, 0.2) is 11.6 Å². The number of piperazine rings is 1. The molecular formula is C32H36N6O7S. The Labute approximate surface area is 267 Å². The van der Waals surface area contributed by atoms with Crippen LogP contribution in [0.25, 0.3) is 0 Å². The Bertz CT molecular complexity index is 1680. The van der Waals surface area contributed by atoms with Gasteiger partial charge in [0.25, 0.3) is 5.91 Å². The lowest BCUT2D eigenvalue weighted by Gasteiger charge is -2.34. The molecule has 2 aromatic rings. The third-order valence-electron chi connectivity index (χ3n) is 9.05. The molecule has 0 spiro atoms. The topological polar surface area (TPSA) is 165 Å². The zero-order valence-corrected chi connectivity index (χ0v) is 26.1. The molecule has 0 bridgehead atoms. The fourth-order valence-electron chi connectivity index (χ4n) is 6.49. The Balaban J connectivity index is 0.985. The number of allylic oxidation sites excluding steroid dienone is 1. The van der Waals surface area contributed by atoms with E-state index in [1.54, 1.807) is 18.2 Å². The summed E-state index contributed by atoms with van der Waals surface area (Å²) in [5.74, 6) is -1.72. The average Bonchev–Trinajstić information content (AvgIpc) is 3.37. The van der Waals surface area contributed by atoms with E-state index in [4.69, 9.17) is 0 Å². The summed E-state index contributed by atoms with van der Waals surface area (Å²) in [6.07, 6.45) is 2.46. The SMILES string of the molecule is O=C1CCC(N2Cc3c(NS(=O)(=O)N4CCN(CCNC=C5C(=O)CC(c6ccccc6)CC5=O)CC4)cccc3C2=O)C(=O)N1. The van der Waals surface area contributed by atoms with Crippen LogP contribution >= 0.6 is 0 Å². The van der Waals surface area contributed by atoms with Crippen LogP contribution < -0.4 is 15.4 Å². The molecule has 46 heavy (non-hydrogen) atoms. The second-order valence-electron chi connectivity index (χ2n) is 12.0. The van der Waals surface area contributed by atoms with Crippen molar-refractivity contribution in [1.29, 1.82) is 0 Å². The number of anilines is 1. The maximum absolute atomic E-state index is 13.3. The first-order chi connectivity index (χ1) is 22.1. The lowest BCUT2D eigenvalue weighted by atomic mass is 9.80. The van der Waals surface area contributed by atoms with E-state index >= 15 is 0 Å². The normalized spacial score (nSPS) is 22.9. The highest BCUT2D eigenvalue weighted by atomic mass is 32.2. The van der Waals surface area contributed by atoms with Crippen LogP contribution in [0.5, 0.6) is 0 Å². The minimum Gasteiger partial charge on any atom is -0.389 e. The molecule has 6 rings (SSSR count). The summed E-state index contributed by atoms with van der Waals surface area (Å²) >= 11 is 0. The van der Waals surface area contributed by atoms with Crippen LogP contribution in [-0.4, -0.2) is 97.1 Å². The van der Waals surface area contributed by atoms with Gasteiger partial charge >= 0.3 is 10.2 Å². The molecule has 1 unspecified atom stereocenters. The highest BCUT2D eigenvalue weighted by Crippen LogP contribution is 2.33. The van der Waals surface area contributed by atoms with Crippen molar-refractivity contribution in [3.8, 4) is 0 Å². The Morgan fingerprint density at radius 2 is 1.61 bits per heavy atom. The highest BCUT2D eigenvalue weighted by molar-refractivity contribution is 7.90. The van der Waals surface area contributed by atoms with Gasteiger partial charge < -0.3 is 10.2 Å². The molecule has 1 atom stereocenters. The first kappa shape index (κ1) is 31.6.